The first-order valence-corrected chi connectivity index (χ1v) is 11.1. The van der Waals surface area contributed by atoms with Crippen molar-refractivity contribution in [1.82, 2.24) is 0 Å². The summed E-state index contributed by atoms with van der Waals surface area (Å²) < 4.78 is 48.9. The summed E-state index contributed by atoms with van der Waals surface area (Å²) in [7, 11) is 0. The normalized spacial score (nSPS) is 19.8. The molecular formula is C26H31F3O2. The lowest BCUT2D eigenvalue weighted by Crippen LogP contribution is -2.14. The van der Waals surface area contributed by atoms with E-state index >= 15 is 0 Å². The minimum Gasteiger partial charge on any atom is -0.490 e. The first kappa shape index (κ1) is 23.4. The third kappa shape index (κ3) is 5.51. The van der Waals surface area contributed by atoms with Crippen LogP contribution in [0.4, 0.5) is 13.2 Å². The number of rotatable bonds is 9. The molecule has 1 unspecified atom stereocenters. The number of hydrogen-bond acceptors (Lipinski definition) is 2. The van der Waals surface area contributed by atoms with Crippen LogP contribution in [0.3, 0.4) is 0 Å². The van der Waals surface area contributed by atoms with Gasteiger partial charge in [0.2, 0.25) is 5.82 Å². The van der Waals surface area contributed by atoms with E-state index in [0.29, 0.717) is 36.8 Å². The Morgan fingerprint density at radius 2 is 1.77 bits per heavy atom. The van der Waals surface area contributed by atoms with Gasteiger partial charge in [-0.3, -0.25) is 0 Å². The predicted octanol–water partition coefficient (Wildman–Crippen LogP) is 7.33. The van der Waals surface area contributed by atoms with Crippen molar-refractivity contribution in [3.8, 4) is 5.75 Å². The lowest BCUT2D eigenvalue weighted by atomic mass is 9.76. The number of hydrogen-bond donors (Lipinski definition) is 1. The van der Waals surface area contributed by atoms with E-state index in [1.165, 1.54) is 12.1 Å². The molecule has 2 aromatic rings. The van der Waals surface area contributed by atoms with Crippen molar-refractivity contribution < 1.29 is 23.0 Å². The monoisotopic (exact) mass is 432 g/mol. The zero-order chi connectivity index (χ0) is 22.4. The van der Waals surface area contributed by atoms with E-state index in [1.807, 2.05) is 13.0 Å². The Morgan fingerprint density at radius 3 is 2.42 bits per heavy atom. The highest BCUT2D eigenvalue weighted by atomic mass is 19.2. The Hall–Kier alpha value is -2.27. The van der Waals surface area contributed by atoms with Crippen molar-refractivity contribution in [3.63, 3.8) is 0 Å². The molecule has 1 atom stereocenters. The van der Waals surface area contributed by atoms with Gasteiger partial charge in [0.1, 0.15) is 5.82 Å². The van der Waals surface area contributed by atoms with Crippen LogP contribution in [0.25, 0.3) is 0 Å². The molecule has 0 spiro atoms. The molecule has 5 heteroatoms. The van der Waals surface area contributed by atoms with E-state index in [1.54, 1.807) is 18.2 Å². The standard InChI is InChI=1S/C26H31F3O2/c1-3-5-15-31-24-14-13-20(25(28)26(24)29)18-9-7-17(8-10-18)19-11-12-21(22(27)16-19)23(30)6-4-2/h3,11-14,16-18,23,30H,1,4-10,15H2,2H3. The topological polar surface area (TPSA) is 29.5 Å². The molecule has 3 rings (SSSR count). The molecule has 0 aromatic heterocycles. The molecule has 1 saturated carbocycles. The summed E-state index contributed by atoms with van der Waals surface area (Å²) in [6.07, 6.45) is 5.72. The highest BCUT2D eigenvalue weighted by Gasteiger charge is 2.28. The van der Waals surface area contributed by atoms with Gasteiger partial charge in [-0.25, -0.2) is 8.78 Å². The molecular weight excluding hydrogens is 401 g/mol. The van der Waals surface area contributed by atoms with E-state index in [-0.39, 0.29) is 30.0 Å². The second kappa shape index (κ2) is 10.9. The van der Waals surface area contributed by atoms with Gasteiger partial charge in [0.25, 0.3) is 0 Å². The Kier molecular flexibility index (Phi) is 8.19. The van der Waals surface area contributed by atoms with Gasteiger partial charge >= 0.3 is 0 Å². The van der Waals surface area contributed by atoms with Crippen LogP contribution in [0, 0.1) is 17.5 Å². The van der Waals surface area contributed by atoms with Crippen LogP contribution in [-0.2, 0) is 0 Å². The van der Waals surface area contributed by atoms with Crippen molar-refractivity contribution in [2.45, 2.75) is 69.8 Å². The van der Waals surface area contributed by atoms with Crippen molar-refractivity contribution in [2.24, 2.45) is 0 Å². The molecule has 1 N–H and O–H groups in total. The lowest BCUT2D eigenvalue weighted by Gasteiger charge is -2.29. The fourth-order valence-corrected chi connectivity index (χ4v) is 4.46. The van der Waals surface area contributed by atoms with Crippen molar-refractivity contribution in [1.29, 1.82) is 0 Å². The van der Waals surface area contributed by atoms with Crippen LogP contribution in [0.15, 0.2) is 43.0 Å². The van der Waals surface area contributed by atoms with E-state index < -0.39 is 17.7 Å². The molecule has 1 aliphatic rings. The summed E-state index contributed by atoms with van der Waals surface area (Å²) in [6, 6.07) is 8.21. The third-order valence-corrected chi connectivity index (χ3v) is 6.24. The van der Waals surface area contributed by atoms with Crippen molar-refractivity contribution in [2.75, 3.05) is 6.61 Å². The van der Waals surface area contributed by atoms with Gasteiger partial charge in [0, 0.05) is 5.56 Å². The van der Waals surface area contributed by atoms with Gasteiger partial charge in [0.15, 0.2) is 11.6 Å². The SMILES string of the molecule is C=CCCOc1ccc(C2CCC(c3ccc(C(O)CCC)c(F)c3)CC2)c(F)c1F. The molecule has 1 aliphatic carbocycles. The number of benzene rings is 2. The quantitative estimate of drug-likeness (QED) is 0.332. The zero-order valence-corrected chi connectivity index (χ0v) is 18.0. The number of aliphatic hydroxyl groups excluding tert-OH is 1. The second-order valence-electron chi connectivity index (χ2n) is 8.34. The molecule has 2 aromatic carbocycles. The summed E-state index contributed by atoms with van der Waals surface area (Å²) >= 11 is 0. The largest absolute Gasteiger partial charge is 0.490 e. The van der Waals surface area contributed by atoms with Crippen LogP contribution in [-0.4, -0.2) is 11.7 Å². The third-order valence-electron chi connectivity index (χ3n) is 6.24. The first-order chi connectivity index (χ1) is 15.0. The van der Waals surface area contributed by atoms with Gasteiger partial charge in [-0.05, 0) is 73.6 Å². The Labute approximate surface area is 182 Å². The summed E-state index contributed by atoms with van der Waals surface area (Å²) in [5.41, 5.74) is 1.63. The maximum absolute atomic E-state index is 14.7. The fraction of sp³-hybridized carbons (Fsp3) is 0.462. The average molecular weight is 433 g/mol. The van der Waals surface area contributed by atoms with Crippen molar-refractivity contribution >= 4 is 0 Å². The van der Waals surface area contributed by atoms with Gasteiger partial charge in [0.05, 0.1) is 12.7 Å². The van der Waals surface area contributed by atoms with Gasteiger partial charge in [-0.2, -0.15) is 4.39 Å². The molecule has 168 valence electrons. The summed E-state index contributed by atoms with van der Waals surface area (Å²) in [6.45, 7) is 5.79. The lowest BCUT2D eigenvalue weighted by molar-refractivity contribution is 0.162. The van der Waals surface area contributed by atoms with Gasteiger partial charge < -0.3 is 9.84 Å². The summed E-state index contributed by atoms with van der Waals surface area (Å²) in [5.74, 6) is -2.11. The highest BCUT2D eigenvalue weighted by molar-refractivity contribution is 5.34. The number of ether oxygens (including phenoxy) is 1. The smallest absolute Gasteiger partial charge is 0.200 e. The van der Waals surface area contributed by atoms with Crippen LogP contribution < -0.4 is 4.74 Å². The molecule has 0 bridgehead atoms. The minimum atomic E-state index is -0.938. The number of aliphatic hydroxyl groups is 1. The number of halogens is 3. The van der Waals surface area contributed by atoms with E-state index in [9.17, 15) is 18.3 Å². The van der Waals surface area contributed by atoms with Crippen LogP contribution in [0.2, 0.25) is 0 Å². The molecule has 0 heterocycles. The van der Waals surface area contributed by atoms with Crippen LogP contribution >= 0.6 is 0 Å². The van der Waals surface area contributed by atoms with Gasteiger partial charge in [-0.1, -0.05) is 37.6 Å². The Bertz CT molecular complexity index is 888. The van der Waals surface area contributed by atoms with E-state index in [2.05, 4.69) is 6.58 Å². The molecule has 31 heavy (non-hydrogen) atoms. The van der Waals surface area contributed by atoms with Crippen LogP contribution in [0.1, 0.15) is 86.5 Å². The molecule has 1 fully saturated rings. The summed E-state index contributed by atoms with van der Waals surface area (Å²) in [4.78, 5) is 0. The van der Waals surface area contributed by atoms with Crippen LogP contribution in [0.5, 0.6) is 5.75 Å². The highest BCUT2D eigenvalue weighted by Crippen LogP contribution is 2.42. The Morgan fingerprint density at radius 1 is 1.06 bits per heavy atom. The summed E-state index contributed by atoms with van der Waals surface area (Å²) in [5, 5.41) is 10.1. The molecule has 0 radical (unpaired) electrons. The van der Waals surface area contributed by atoms with E-state index in [0.717, 1.165) is 24.8 Å². The zero-order valence-electron chi connectivity index (χ0n) is 18.0. The van der Waals surface area contributed by atoms with E-state index in [4.69, 9.17) is 4.74 Å². The minimum absolute atomic E-state index is 0.0662. The maximum Gasteiger partial charge on any atom is 0.200 e. The predicted molar refractivity (Wildman–Crippen MR) is 117 cm³/mol. The molecule has 0 aliphatic heterocycles. The molecule has 2 nitrogen and oxygen atoms in total. The average Bonchev–Trinajstić information content (AvgIpc) is 2.77. The first-order valence-electron chi connectivity index (χ1n) is 11.1. The molecule has 0 amide bonds. The second-order valence-corrected chi connectivity index (χ2v) is 8.34. The molecule has 0 saturated heterocycles. The fourth-order valence-electron chi connectivity index (χ4n) is 4.46. The Balaban J connectivity index is 1.65. The van der Waals surface area contributed by atoms with Crippen molar-refractivity contribution in [3.05, 3.63) is 77.1 Å². The van der Waals surface area contributed by atoms with Gasteiger partial charge in [-0.15, -0.1) is 6.58 Å². The maximum atomic E-state index is 14.7.